The molecule has 0 aliphatic heterocycles. The number of sulfonamides is 1. The third kappa shape index (κ3) is 4.96. The fourth-order valence-electron chi connectivity index (χ4n) is 2.84. The second kappa shape index (κ2) is 8.96. The lowest BCUT2D eigenvalue weighted by molar-refractivity contribution is 0.0783. The zero-order valence-electron chi connectivity index (χ0n) is 16.5. The van der Waals surface area contributed by atoms with E-state index in [4.69, 9.17) is 4.74 Å². The number of hydrogen-bond acceptors (Lipinski definition) is 4. The van der Waals surface area contributed by atoms with Crippen LogP contribution in [0, 0.1) is 5.82 Å². The van der Waals surface area contributed by atoms with Gasteiger partial charge in [0.25, 0.3) is 15.9 Å². The zero-order chi connectivity index (χ0) is 21.7. The minimum atomic E-state index is -3.90. The summed E-state index contributed by atoms with van der Waals surface area (Å²) >= 11 is 0. The number of nitrogens with zero attached hydrogens (tertiary/aromatic N) is 1. The Morgan fingerprint density at radius 2 is 1.73 bits per heavy atom. The van der Waals surface area contributed by atoms with Gasteiger partial charge in [-0.3, -0.25) is 9.52 Å². The first-order valence-corrected chi connectivity index (χ1v) is 10.5. The fraction of sp³-hybridized carbons (Fsp3) is 0.136. The number of hydrogen-bond donors (Lipinski definition) is 1. The van der Waals surface area contributed by atoms with Crippen molar-refractivity contribution in [3.05, 3.63) is 89.7 Å². The second-order valence-corrected chi connectivity index (χ2v) is 8.30. The van der Waals surface area contributed by atoms with Gasteiger partial charge in [0.1, 0.15) is 11.6 Å². The standard InChI is InChI=1S/C22H21FN2O4S/c1-25(15-17-6-3-4-9-21(17)23)22(26)16-7-5-8-20(14-16)30(27,28)24-18-10-12-19(29-2)13-11-18/h3-14,24H,15H2,1-2H3. The first-order valence-electron chi connectivity index (χ1n) is 9.06. The van der Waals surface area contributed by atoms with E-state index in [0.29, 0.717) is 17.0 Å². The molecule has 0 saturated heterocycles. The Kier molecular flexibility index (Phi) is 6.37. The highest BCUT2D eigenvalue weighted by molar-refractivity contribution is 7.92. The van der Waals surface area contributed by atoms with Gasteiger partial charge in [-0.25, -0.2) is 12.8 Å². The third-order valence-corrected chi connectivity index (χ3v) is 5.82. The average Bonchev–Trinajstić information content (AvgIpc) is 2.75. The number of halogens is 1. The van der Waals surface area contributed by atoms with Gasteiger partial charge in [0, 0.05) is 30.4 Å². The largest absolute Gasteiger partial charge is 0.497 e. The second-order valence-electron chi connectivity index (χ2n) is 6.61. The molecule has 1 N–H and O–H groups in total. The van der Waals surface area contributed by atoms with Crippen molar-refractivity contribution < 1.29 is 22.3 Å². The summed E-state index contributed by atoms with van der Waals surface area (Å²) in [7, 11) is -0.850. The molecule has 0 aliphatic rings. The van der Waals surface area contributed by atoms with E-state index in [9.17, 15) is 17.6 Å². The van der Waals surface area contributed by atoms with Crippen LogP contribution in [-0.4, -0.2) is 33.4 Å². The monoisotopic (exact) mass is 428 g/mol. The Morgan fingerprint density at radius 1 is 1.03 bits per heavy atom. The Labute approximate surface area is 175 Å². The van der Waals surface area contributed by atoms with Gasteiger partial charge in [0.2, 0.25) is 0 Å². The van der Waals surface area contributed by atoms with E-state index in [0.717, 1.165) is 0 Å². The van der Waals surface area contributed by atoms with Crippen molar-refractivity contribution in [2.75, 3.05) is 18.9 Å². The molecular formula is C22H21FN2O4S. The highest BCUT2D eigenvalue weighted by atomic mass is 32.2. The maximum absolute atomic E-state index is 13.9. The van der Waals surface area contributed by atoms with Crippen LogP contribution in [0.1, 0.15) is 15.9 Å². The maximum atomic E-state index is 13.9. The van der Waals surface area contributed by atoms with Gasteiger partial charge >= 0.3 is 0 Å². The number of amides is 1. The van der Waals surface area contributed by atoms with Crippen LogP contribution < -0.4 is 9.46 Å². The molecule has 3 aromatic rings. The van der Waals surface area contributed by atoms with Gasteiger partial charge in [-0.1, -0.05) is 24.3 Å². The Hall–Kier alpha value is -3.39. The highest BCUT2D eigenvalue weighted by Gasteiger charge is 2.19. The van der Waals surface area contributed by atoms with E-state index in [1.54, 1.807) is 42.5 Å². The number of carbonyl (C=O) groups is 1. The highest BCUT2D eigenvalue weighted by Crippen LogP contribution is 2.21. The summed E-state index contributed by atoms with van der Waals surface area (Å²) in [4.78, 5) is 14.0. The molecule has 156 valence electrons. The minimum Gasteiger partial charge on any atom is -0.497 e. The number of benzene rings is 3. The molecule has 3 aromatic carbocycles. The van der Waals surface area contributed by atoms with Crippen LogP contribution in [0.2, 0.25) is 0 Å². The molecular weight excluding hydrogens is 407 g/mol. The summed E-state index contributed by atoms with van der Waals surface area (Å²) in [6.07, 6.45) is 0. The molecule has 0 atom stereocenters. The van der Waals surface area contributed by atoms with Crippen LogP contribution in [0.5, 0.6) is 5.75 Å². The van der Waals surface area contributed by atoms with E-state index in [-0.39, 0.29) is 17.0 Å². The van der Waals surface area contributed by atoms with Gasteiger partial charge in [-0.15, -0.1) is 0 Å². The van der Waals surface area contributed by atoms with Crippen molar-refractivity contribution >= 4 is 21.6 Å². The smallest absolute Gasteiger partial charge is 0.261 e. The van der Waals surface area contributed by atoms with Crippen molar-refractivity contribution in [1.82, 2.24) is 4.90 Å². The predicted octanol–water partition coefficient (Wildman–Crippen LogP) is 3.91. The van der Waals surface area contributed by atoms with Gasteiger partial charge < -0.3 is 9.64 Å². The Morgan fingerprint density at radius 3 is 2.40 bits per heavy atom. The molecule has 0 heterocycles. The van der Waals surface area contributed by atoms with Crippen molar-refractivity contribution in [2.24, 2.45) is 0 Å². The predicted molar refractivity (Wildman–Crippen MR) is 112 cm³/mol. The quantitative estimate of drug-likeness (QED) is 0.619. The normalized spacial score (nSPS) is 11.0. The molecule has 0 radical (unpaired) electrons. The molecule has 0 saturated carbocycles. The first-order chi connectivity index (χ1) is 14.3. The minimum absolute atomic E-state index is 0.0524. The van der Waals surface area contributed by atoms with E-state index in [1.165, 1.54) is 49.4 Å². The Balaban J connectivity index is 1.78. The molecule has 30 heavy (non-hydrogen) atoms. The lowest BCUT2D eigenvalue weighted by atomic mass is 10.1. The molecule has 0 spiro atoms. The molecule has 0 fully saturated rings. The zero-order valence-corrected chi connectivity index (χ0v) is 17.3. The molecule has 0 unspecified atom stereocenters. The summed E-state index contributed by atoms with van der Waals surface area (Å²) < 4.78 is 46.8. The number of rotatable bonds is 7. The maximum Gasteiger partial charge on any atom is 0.261 e. The van der Waals surface area contributed by atoms with Crippen molar-refractivity contribution in [3.8, 4) is 5.75 Å². The molecule has 3 rings (SSSR count). The van der Waals surface area contributed by atoms with E-state index >= 15 is 0 Å². The molecule has 0 aromatic heterocycles. The van der Waals surface area contributed by atoms with Gasteiger partial charge in [0.15, 0.2) is 0 Å². The number of ether oxygens (including phenoxy) is 1. The summed E-state index contributed by atoms with van der Waals surface area (Å²) in [5.41, 5.74) is 0.925. The van der Waals surface area contributed by atoms with Gasteiger partial charge in [-0.05, 0) is 48.5 Å². The average molecular weight is 428 g/mol. The fourth-order valence-corrected chi connectivity index (χ4v) is 3.95. The van der Waals surface area contributed by atoms with E-state index in [2.05, 4.69) is 4.72 Å². The summed E-state index contributed by atoms with van der Waals surface area (Å²) in [5, 5.41) is 0. The third-order valence-electron chi connectivity index (χ3n) is 4.45. The summed E-state index contributed by atoms with van der Waals surface area (Å²) in [6, 6.07) is 18.3. The lowest BCUT2D eigenvalue weighted by Gasteiger charge is -2.18. The summed E-state index contributed by atoms with van der Waals surface area (Å²) in [5.74, 6) is -0.222. The van der Waals surface area contributed by atoms with Crippen LogP contribution in [0.4, 0.5) is 10.1 Å². The molecule has 0 aliphatic carbocycles. The molecule has 6 nitrogen and oxygen atoms in total. The van der Waals surface area contributed by atoms with Gasteiger partial charge in [-0.2, -0.15) is 0 Å². The number of carbonyl (C=O) groups excluding carboxylic acids is 1. The number of anilines is 1. The van der Waals surface area contributed by atoms with Crippen LogP contribution in [0.25, 0.3) is 0 Å². The van der Waals surface area contributed by atoms with Crippen molar-refractivity contribution in [2.45, 2.75) is 11.4 Å². The SMILES string of the molecule is COc1ccc(NS(=O)(=O)c2cccc(C(=O)N(C)Cc3ccccc3F)c2)cc1. The van der Waals surface area contributed by atoms with E-state index in [1.807, 2.05) is 0 Å². The lowest BCUT2D eigenvalue weighted by Crippen LogP contribution is -2.27. The van der Waals surface area contributed by atoms with E-state index < -0.39 is 21.7 Å². The van der Waals surface area contributed by atoms with Crippen LogP contribution in [0.3, 0.4) is 0 Å². The first kappa shape index (κ1) is 21.3. The van der Waals surface area contributed by atoms with Crippen molar-refractivity contribution in [1.29, 1.82) is 0 Å². The molecule has 0 bridgehead atoms. The van der Waals surface area contributed by atoms with Crippen LogP contribution >= 0.6 is 0 Å². The van der Waals surface area contributed by atoms with Crippen molar-refractivity contribution in [3.63, 3.8) is 0 Å². The topological polar surface area (TPSA) is 75.7 Å². The van der Waals surface area contributed by atoms with Crippen LogP contribution in [-0.2, 0) is 16.6 Å². The van der Waals surface area contributed by atoms with Crippen LogP contribution in [0.15, 0.2) is 77.7 Å². The number of methoxy groups -OCH3 is 1. The Bertz CT molecular complexity index is 1150. The van der Waals surface area contributed by atoms with Gasteiger partial charge in [0.05, 0.1) is 12.0 Å². The number of nitrogens with one attached hydrogen (secondary N) is 1. The molecule has 8 heteroatoms. The summed E-state index contributed by atoms with van der Waals surface area (Å²) in [6.45, 7) is 0.0621. The molecule has 1 amide bonds.